The predicted octanol–water partition coefficient (Wildman–Crippen LogP) is 5.71. The second kappa shape index (κ2) is 7.46. The van der Waals surface area contributed by atoms with Gasteiger partial charge in [-0.25, -0.2) is 0 Å². The monoisotopic (exact) mass is 370 g/mol. The van der Waals surface area contributed by atoms with Gasteiger partial charge in [0.15, 0.2) is 0 Å². The van der Waals surface area contributed by atoms with E-state index >= 15 is 0 Å². The number of rotatable bonds is 4. The van der Waals surface area contributed by atoms with Gasteiger partial charge in [0, 0.05) is 0 Å². The molecule has 0 aliphatic carbocycles. The van der Waals surface area contributed by atoms with E-state index in [1.165, 1.54) is 27.0 Å². The Kier molecular flexibility index (Phi) is 4.89. The van der Waals surface area contributed by atoms with Crippen LogP contribution in [-0.4, -0.2) is 0 Å². The Morgan fingerprint density at radius 3 is 1.42 bits per heavy atom. The van der Waals surface area contributed by atoms with E-state index in [4.69, 9.17) is 0 Å². The van der Waals surface area contributed by atoms with Crippen LogP contribution < -0.4 is 15.9 Å². The minimum atomic E-state index is -1.92. The molecule has 26 heavy (non-hydrogen) atoms. The molecule has 0 radical (unpaired) electrons. The van der Waals surface area contributed by atoms with Gasteiger partial charge in [-0.15, -0.1) is 8.53 Å². The van der Waals surface area contributed by atoms with Gasteiger partial charge in [-0.2, -0.15) is 0 Å². The Hall–Kier alpha value is -2.39. The summed E-state index contributed by atoms with van der Waals surface area (Å²) in [5.41, 5.74) is 2.53. The summed E-state index contributed by atoms with van der Waals surface area (Å²) in [6.07, 6.45) is 0. The van der Waals surface area contributed by atoms with E-state index in [9.17, 15) is 0 Å². The highest BCUT2D eigenvalue weighted by Gasteiger charge is 2.25. The van der Waals surface area contributed by atoms with Gasteiger partial charge in [-0.1, -0.05) is 115 Å². The first-order chi connectivity index (χ1) is 12.8. The standard InChI is InChI=1S/C24H20P2/c25-26(21-14-6-2-7-15-21,22-16-8-3-9-17-22)24-19-11-10-18-23(24)20-12-4-1-5-13-20/h1-19,25H. The minimum Gasteiger partial charge on any atom is -0.112 e. The average molecular weight is 370 g/mol. The molecule has 4 aromatic carbocycles. The van der Waals surface area contributed by atoms with E-state index in [-0.39, 0.29) is 0 Å². The molecule has 0 bridgehead atoms. The van der Waals surface area contributed by atoms with Crippen LogP contribution in [0.5, 0.6) is 0 Å². The van der Waals surface area contributed by atoms with Crippen molar-refractivity contribution in [1.82, 2.24) is 0 Å². The molecule has 0 unspecified atom stereocenters. The van der Waals surface area contributed by atoms with Gasteiger partial charge in [0.1, 0.15) is 0 Å². The smallest absolute Gasteiger partial charge is 0.00370 e. The molecule has 0 saturated carbocycles. The molecule has 126 valence electrons. The van der Waals surface area contributed by atoms with Crippen LogP contribution in [0.1, 0.15) is 0 Å². The lowest BCUT2D eigenvalue weighted by atomic mass is 10.1. The maximum absolute atomic E-state index is 4.34. The fraction of sp³-hybridized carbons (Fsp3) is 0. The lowest BCUT2D eigenvalue weighted by Gasteiger charge is -2.28. The van der Waals surface area contributed by atoms with Gasteiger partial charge in [0.2, 0.25) is 0 Å². The van der Waals surface area contributed by atoms with Gasteiger partial charge in [-0.3, -0.25) is 0 Å². The molecule has 0 amide bonds. The Morgan fingerprint density at radius 2 is 0.885 bits per heavy atom. The van der Waals surface area contributed by atoms with Gasteiger partial charge in [0.05, 0.1) is 0 Å². The maximum atomic E-state index is 4.34. The molecule has 0 N–H and O–H groups in total. The Morgan fingerprint density at radius 1 is 0.462 bits per heavy atom. The van der Waals surface area contributed by atoms with Gasteiger partial charge in [-0.05, 0) is 33.6 Å². The Bertz CT molecular complexity index is 996. The summed E-state index contributed by atoms with van der Waals surface area (Å²) in [6.45, 7) is -1.92. The highest BCUT2D eigenvalue weighted by atomic mass is 31.8. The van der Waals surface area contributed by atoms with Crippen LogP contribution in [0.3, 0.4) is 0 Å². The summed E-state index contributed by atoms with van der Waals surface area (Å²) >= 11 is 0. The average Bonchev–Trinajstić information content (AvgIpc) is 2.75. The molecule has 0 atom stereocenters. The molecule has 4 aromatic rings. The fourth-order valence-corrected chi connectivity index (χ4v) is 7.81. The third kappa shape index (κ3) is 3.08. The second-order valence-electron chi connectivity index (χ2n) is 6.23. The van der Waals surface area contributed by atoms with Crippen LogP contribution in [0.4, 0.5) is 0 Å². The summed E-state index contributed by atoms with van der Waals surface area (Å²) < 4.78 is 0. The van der Waals surface area contributed by atoms with Crippen LogP contribution in [0, 0.1) is 0 Å². The Labute approximate surface area is 157 Å². The predicted molar refractivity (Wildman–Crippen MR) is 119 cm³/mol. The zero-order valence-electron chi connectivity index (χ0n) is 14.4. The lowest BCUT2D eigenvalue weighted by Crippen LogP contribution is -2.24. The molecule has 0 saturated heterocycles. The highest BCUT2D eigenvalue weighted by Crippen LogP contribution is 2.50. The van der Waals surface area contributed by atoms with Crippen molar-refractivity contribution in [2.45, 2.75) is 0 Å². The van der Waals surface area contributed by atoms with E-state index in [1.807, 2.05) is 0 Å². The van der Waals surface area contributed by atoms with E-state index in [0.717, 1.165) is 0 Å². The SMILES string of the molecule is P=P(c1ccccc1)(c1ccccc1)c1ccccc1-c1ccccc1. The van der Waals surface area contributed by atoms with E-state index in [0.29, 0.717) is 0 Å². The molecule has 0 spiro atoms. The van der Waals surface area contributed by atoms with E-state index in [1.54, 1.807) is 0 Å². The quantitative estimate of drug-likeness (QED) is 0.404. The molecule has 0 fully saturated rings. The van der Waals surface area contributed by atoms with E-state index in [2.05, 4.69) is 124 Å². The maximum Gasteiger partial charge on any atom is -0.00370 e. The first kappa shape index (κ1) is 17.0. The topological polar surface area (TPSA) is 0 Å². The van der Waals surface area contributed by atoms with Gasteiger partial charge in [0.25, 0.3) is 0 Å². The molecule has 4 rings (SSSR count). The molecule has 0 heterocycles. The molecular weight excluding hydrogens is 350 g/mol. The fourth-order valence-electron chi connectivity index (χ4n) is 3.36. The zero-order valence-corrected chi connectivity index (χ0v) is 16.3. The lowest BCUT2D eigenvalue weighted by molar-refractivity contribution is 1.65. The molecule has 0 nitrogen and oxygen atoms in total. The summed E-state index contributed by atoms with van der Waals surface area (Å²) in [4.78, 5) is 0. The van der Waals surface area contributed by atoms with Crippen molar-refractivity contribution in [3.05, 3.63) is 115 Å². The molecule has 0 aromatic heterocycles. The molecule has 0 aliphatic heterocycles. The first-order valence-corrected chi connectivity index (χ1v) is 11.8. The van der Waals surface area contributed by atoms with Crippen molar-refractivity contribution in [1.29, 1.82) is 0 Å². The van der Waals surface area contributed by atoms with Crippen LogP contribution in [0.15, 0.2) is 115 Å². The molecule has 2 heteroatoms. The van der Waals surface area contributed by atoms with Crippen molar-refractivity contribution < 1.29 is 0 Å². The van der Waals surface area contributed by atoms with Gasteiger partial charge >= 0.3 is 0 Å². The van der Waals surface area contributed by atoms with Gasteiger partial charge < -0.3 is 0 Å². The Balaban J connectivity index is 2.03. The third-order valence-corrected chi connectivity index (χ3v) is 10.2. The second-order valence-corrected chi connectivity index (χ2v) is 11.1. The van der Waals surface area contributed by atoms with Crippen LogP contribution in [0.2, 0.25) is 0 Å². The molecular formula is C24H20P2. The number of benzene rings is 4. The molecule has 0 aliphatic rings. The summed E-state index contributed by atoms with van der Waals surface area (Å²) in [5.74, 6) is 0. The van der Waals surface area contributed by atoms with Crippen molar-refractivity contribution >= 4 is 31.0 Å². The van der Waals surface area contributed by atoms with Crippen LogP contribution >= 0.6 is 15.1 Å². The van der Waals surface area contributed by atoms with Crippen LogP contribution in [-0.2, 0) is 0 Å². The van der Waals surface area contributed by atoms with Crippen molar-refractivity contribution in [2.75, 3.05) is 0 Å². The first-order valence-electron chi connectivity index (χ1n) is 8.70. The summed E-state index contributed by atoms with van der Waals surface area (Å²) in [6, 6.07) is 41.0. The van der Waals surface area contributed by atoms with Crippen LogP contribution in [0.25, 0.3) is 11.1 Å². The normalized spacial score (nSPS) is 11.2. The van der Waals surface area contributed by atoms with Crippen molar-refractivity contribution in [2.24, 2.45) is 0 Å². The minimum absolute atomic E-state index is 1.25. The summed E-state index contributed by atoms with van der Waals surface area (Å²) in [5, 5.41) is 4.00. The summed E-state index contributed by atoms with van der Waals surface area (Å²) in [7, 11) is 4.34. The largest absolute Gasteiger partial charge is 0.112 e. The zero-order chi connectivity index (χ0) is 17.8. The number of hydrogen-bond donors (Lipinski definition) is 0. The number of hydrogen-bond acceptors (Lipinski definition) is 0. The third-order valence-electron chi connectivity index (χ3n) is 4.64. The van der Waals surface area contributed by atoms with E-state index < -0.39 is 6.55 Å². The van der Waals surface area contributed by atoms with Crippen molar-refractivity contribution in [3.8, 4) is 11.1 Å². The highest BCUT2D eigenvalue weighted by molar-refractivity contribution is 8.13. The van der Waals surface area contributed by atoms with Crippen molar-refractivity contribution in [3.63, 3.8) is 0 Å².